The van der Waals surface area contributed by atoms with Crippen LogP contribution in [0.5, 0.6) is 0 Å². The summed E-state index contributed by atoms with van der Waals surface area (Å²) in [7, 11) is 1.93. The summed E-state index contributed by atoms with van der Waals surface area (Å²) in [6, 6.07) is 8.25. The molecular weight excluding hydrogens is 298 g/mol. The predicted molar refractivity (Wildman–Crippen MR) is 88.9 cm³/mol. The summed E-state index contributed by atoms with van der Waals surface area (Å²) in [6.07, 6.45) is 0.973. The zero-order valence-corrected chi connectivity index (χ0v) is 13.5. The van der Waals surface area contributed by atoms with Crippen LogP contribution in [0.15, 0.2) is 29.6 Å². The second-order valence-electron chi connectivity index (χ2n) is 5.26. The lowest BCUT2D eigenvalue weighted by Crippen LogP contribution is -2.21. The van der Waals surface area contributed by atoms with Crippen LogP contribution in [-0.2, 0) is 17.8 Å². The maximum atomic E-state index is 10.6. The summed E-state index contributed by atoms with van der Waals surface area (Å²) in [5.74, 6) is -0.765. The van der Waals surface area contributed by atoms with Crippen molar-refractivity contribution >= 4 is 17.3 Å². The zero-order chi connectivity index (χ0) is 15.9. The first-order valence-corrected chi connectivity index (χ1v) is 8.10. The van der Waals surface area contributed by atoms with E-state index in [1.54, 1.807) is 11.3 Å². The number of rotatable bonds is 8. The molecule has 1 aromatic carbocycles. The monoisotopic (exact) mass is 319 g/mol. The quantitative estimate of drug-likeness (QED) is 0.780. The number of hydrogen-bond donors (Lipinski definition) is 2. The number of carboxylic acids is 1. The average Bonchev–Trinajstić information content (AvgIpc) is 2.95. The van der Waals surface area contributed by atoms with Crippen molar-refractivity contribution in [3.8, 4) is 10.6 Å². The molecule has 2 aromatic rings. The van der Waals surface area contributed by atoms with Crippen LogP contribution in [0, 0.1) is 0 Å². The summed E-state index contributed by atoms with van der Waals surface area (Å²) < 4.78 is 0. The van der Waals surface area contributed by atoms with Gasteiger partial charge >= 0.3 is 5.97 Å². The topological polar surface area (TPSA) is 79.5 Å². The van der Waals surface area contributed by atoms with Crippen LogP contribution in [0.4, 0.5) is 0 Å². The molecular formula is C16H21N3O2S. The molecule has 0 aliphatic heterocycles. The van der Waals surface area contributed by atoms with Crippen LogP contribution in [0.1, 0.15) is 17.7 Å². The van der Waals surface area contributed by atoms with E-state index in [1.807, 2.05) is 11.9 Å². The molecule has 118 valence electrons. The highest BCUT2D eigenvalue weighted by molar-refractivity contribution is 7.13. The Morgan fingerprint density at radius 1 is 1.36 bits per heavy atom. The molecule has 6 heteroatoms. The Balaban J connectivity index is 1.95. The van der Waals surface area contributed by atoms with Crippen molar-refractivity contribution in [2.24, 2.45) is 5.73 Å². The highest BCUT2D eigenvalue weighted by Gasteiger charge is 2.06. The van der Waals surface area contributed by atoms with Crippen LogP contribution in [0.25, 0.3) is 10.6 Å². The number of carboxylic acid groups (broad SMARTS) is 1. The van der Waals surface area contributed by atoms with E-state index < -0.39 is 5.97 Å². The molecule has 2 rings (SSSR count). The van der Waals surface area contributed by atoms with Gasteiger partial charge in [-0.05, 0) is 19.2 Å². The largest absolute Gasteiger partial charge is 0.481 e. The number of benzene rings is 1. The third kappa shape index (κ3) is 4.91. The molecule has 0 aliphatic carbocycles. The minimum Gasteiger partial charge on any atom is -0.481 e. The van der Waals surface area contributed by atoms with E-state index >= 15 is 0 Å². The Kier molecular flexibility index (Phi) is 6.06. The molecule has 0 bridgehead atoms. The third-order valence-electron chi connectivity index (χ3n) is 3.31. The van der Waals surface area contributed by atoms with E-state index in [4.69, 9.17) is 10.8 Å². The molecule has 0 spiro atoms. The van der Waals surface area contributed by atoms with Gasteiger partial charge in [0.2, 0.25) is 0 Å². The van der Waals surface area contributed by atoms with E-state index in [0.29, 0.717) is 13.1 Å². The lowest BCUT2D eigenvalue weighted by atomic mass is 10.1. The number of aliphatic carboxylic acids is 1. The van der Waals surface area contributed by atoms with Gasteiger partial charge in [0.05, 0.1) is 12.1 Å². The van der Waals surface area contributed by atoms with Gasteiger partial charge in [-0.25, -0.2) is 4.98 Å². The van der Waals surface area contributed by atoms with Crippen molar-refractivity contribution in [2.75, 3.05) is 20.1 Å². The van der Waals surface area contributed by atoms with E-state index in [1.165, 1.54) is 0 Å². The van der Waals surface area contributed by atoms with E-state index in [2.05, 4.69) is 34.6 Å². The van der Waals surface area contributed by atoms with E-state index in [9.17, 15) is 4.79 Å². The average molecular weight is 319 g/mol. The molecule has 0 radical (unpaired) electrons. The van der Waals surface area contributed by atoms with Gasteiger partial charge in [0, 0.05) is 30.5 Å². The van der Waals surface area contributed by atoms with Gasteiger partial charge in [0.15, 0.2) is 0 Å². The molecule has 22 heavy (non-hydrogen) atoms. The summed E-state index contributed by atoms with van der Waals surface area (Å²) in [5.41, 5.74) is 8.85. The zero-order valence-electron chi connectivity index (χ0n) is 12.7. The van der Waals surface area contributed by atoms with Gasteiger partial charge in [-0.3, -0.25) is 4.79 Å². The Morgan fingerprint density at radius 3 is 2.73 bits per heavy atom. The van der Waals surface area contributed by atoms with Crippen LogP contribution < -0.4 is 5.73 Å². The first kappa shape index (κ1) is 16.6. The van der Waals surface area contributed by atoms with Gasteiger partial charge in [0.1, 0.15) is 5.01 Å². The number of nitrogens with zero attached hydrogens (tertiary/aromatic N) is 2. The highest BCUT2D eigenvalue weighted by atomic mass is 32.1. The Labute approximate surface area is 134 Å². The SMILES string of the molecule is CN(CCC(=O)O)Cc1ccc(-c2nc(CCN)cs2)cc1. The van der Waals surface area contributed by atoms with Gasteiger partial charge in [-0.1, -0.05) is 24.3 Å². The standard InChI is InChI=1S/C16H21N3O2S/c1-19(9-7-15(20)21)10-12-2-4-13(5-3-12)16-18-14(6-8-17)11-22-16/h2-5,11H,6-10,17H2,1H3,(H,20,21). The molecule has 0 amide bonds. The molecule has 0 saturated heterocycles. The molecule has 0 atom stereocenters. The Hall–Kier alpha value is -1.76. The van der Waals surface area contributed by atoms with Crippen LogP contribution in [0.2, 0.25) is 0 Å². The van der Waals surface area contributed by atoms with Crippen molar-refractivity contribution in [1.29, 1.82) is 0 Å². The smallest absolute Gasteiger partial charge is 0.304 e. The Bertz CT molecular complexity index is 610. The maximum Gasteiger partial charge on any atom is 0.304 e. The van der Waals surface area contributed by atoms with Gasteiger partial charge < -0.3 is 15.7 Å². The van der Waals surface area contributed by atoms with Gasteiger partial charge in [0.25, 0.3) is 0 Å². The van der Waals surface area contributed by atoms with Crippen LogP contribution >= 0.6 is 11.3 Å². The summed E-state index contributed by atoms with van der Waals surface area (Å²) >= 11 is 1.63. The van der Waals surface area contributed by atoms with Crippen molar-refractivity contribution in [3.63, 3.8) is 0 Å². The van der Waals surface area contributed by atoms with Gasteiger partial charge in [-0.15, -0.1) is 11.3 Å². The molecule has 0 aliphatic rings. The summed E-state index contributed by atoms with van der Waals surface area (Å²) in [4.78, 5) is 17.1. The minimum atomic E-state index is -0.765. The second kappa shape index (κ2) is 8.03. The molecule has 1 heterocycles. The van der Waals surface area contributed by atoms with Crippen molar-refractivity contribution in [1.82, 2.24) is 9.88 Å². The van der Waals surface area contributed by atoms with E-state index in [-0.39, 0.29) is 6.42 Å². The predicted octanol–water partition coefficient (Wildman–Crippen LogP) is 2.22. The van der Waals surface area contributed by atoms with Crippen molar-refractivity contribution in [3.05, 3.63) is 40.9 Å². The van der Waals surface area contributed by atoms with Crippen molar-refractivity contribution in [2.45, 2.75) is 19.4 Å². The first-order valence-electron chi connectivity index (χ1n) is 7.22. The van der Waals surface area contributed by atoms with E-state index in [0.717, 1.165) is 34.8 Å². The van der Waals surface area contributed by atoms with Crippen LogP contribution in [0.3, 0.4) is 0 Å². The Morgan fingerprint density at radius 2 is 2.09 bits per heavy atom. The molecule has 0 saturated carbocycles. The molecule has 1 aromatic heterocycles. The summed E-state index contributed by atoms with van der Waals surface area (Å²) in [6.45, 7) is 1.90. The number of hydrogen-bond acceptors (Lipinski definition) is 5. The summed E-state index contributed by atoms with van der Waals surface area (Å²) in [5, 5.41) is 11.8. The minimum absolute atomic E-state index is 0.164. The highest BCUT2D eigenvalue weighted by Crippen LogP contribution is 2.24. The second-order valence-corrected chi connectivity index (χ2v) is 6.12. The maximum absolute atomic E-state index is 10.6. The number of aromatic nitrogens is 1. The molecule has 5 nitrogen and oxygen atoms in total. The number of thiazole rings is 1. The van der Waals surface area contributed by atoms with Crippen molar-refractivity contribution < 1.29 is 9.90 Å². The lowest BCUT2D eigenvalue weighted by molar-refractivity contribution is -0.137. The fourth-order valence-electron chi connectivity index (χ4n) is 2.13. The third-order valence-corrected chi connectivity index (χ3v) is 4.25. The fraction of sp³-hybridized carbons (Fsp3) is 0.375. The molecule has 0 fully saturated rings. The number of carbonyl (C=O) groups is 1. The first-order chi connectivity index (χ1) is 10.6. The van der Waals surface area contributed by atoms with Gasteiger partial charge in [-0.2, -0.15) is 0 Å². The molecule has 0 unspecified atom stereocenters. The van der Waals surface area contributed by atoms with Crippen LogP contribution in [-0.4, -0.2) is 41.1 Å². The number of nitrogens with two attached hydrogens (primary N) is 1. The fourth-order valence-corrected chi connectivity index (χ4v) is 2.99. The molecule has 3 N–H and O–H groups in total. The normalized spacial score (nSPS) is 11.0. The lowest BCUT2D eigenvalue weighted by Gasteiger charge is -2.15.